The monoisotopic (exact) mass is 440 g/mol. The summed E-state index contributed by atoms with van der Waals surface area (Å²) >= 11 is 5.79. The van der Waals surface area contributed by atoms with Crippen molar-refractivity contribution in [3.05, 3.63) is 47.5 Å². The third-order valence-electron chi connectivity index (χ3n) is 4.05. The van der Waals surface area contributed by atoms with Crippen molar-refractivity contribution in [1.82, 2.24) is 4.72 Å². The van der Waals surface area contributed by atoms with Gasteiger partial charge in [0.15, 0.2) is 0 Å². The van der Waals surface area contributed by atoms with Crippen LogP contribution in [0.25, 0.3) is 0 Å². The van der Waals surface area contributed by atoms with Gasteiger partial charge < -0.3 is 14.8 Å². The van der Waals surface area contributed by atoms with Crippen LogP contribution in [-0.4, -0.2) is 34.1 Å². The number of hydrogen-bond donors (Lipinski definition) is 2. The van der Waals surface area contributed by atoms with E-state index in [0.29, 0.717) is 28.8 Å². The van der Waals surface area contributed by atoms with Gasteiger partial charge in [-0.1, -0.05) is 24.9 Å². The SMILES string of the molecule is CCCCOc1ccc(OC)cc1NC(=O)[C@H](C)NS(=O)(=O)c1ccc(Cl)cc1. The molecule has 29 heavy (non-hydrogen) atoms. The van der Waals surface area contributed by atoms with E-state index in [2.05, 4.69) is 17.0 Å². The first-order chi connectivity index (χ1) is 13.8. The zero-order valence-corrected chi connectivity index (χ0v) is 18.1. The molecule has 0 aliphatic rings. The van der Waals surface area contributed by atoms with Crippen molar-refractivity contribution in [3.8, 4) is 11.5 Å². The second kappa shape index (κ2) is 10.5. The number of nitrogens with one attached hydrogen (secondary N) is 2. The van der Waals surface area contributed by atoms with Gasteiger partial charge in [-0.15, -0.1) is 0 Å². The minimum absolute atomic E-state index is 0.0199. The van der Waals surface area contributed by atoms with Crippen LogP contribution in [0.3, 0.4) is 0 Å². The Kier molecular flexibility index (Phi) is 8.31. The molecule has 0 aliphatic heterocycles. The molecule has 0 heterocycles. The van der Waals surface area contributed by atoms with E-state index >= 15 is 0 Å². The number of amides is 1. The van der Waals surface area contributed by atoms with E-state index in [9.17, 15) is 13.2 Å². The minimum atomic E-state index is -3.88. The first-order valence-corrected chi connectivity index (χ1v) is 11.0. The van der Waals surface area contributed by atoms with E-state index in [1.807, 2.05) is 0 Å². The Bertz CT molecular complexity index is 932. The van der Waals surface area contributed by atoms with Crippen molar-refractivity contribution in [2.45, 2.75) is 37.6 Å². The van der Waals surface area contributed by atoms with Crippen molar-refractivity contribution >= 4 is 33.2 Å². The van der Waals surface area contributed by atoms with E-state index in [1.165, 1.54) is 38.3 Å². The average Bonchev–Trinajstić information content (AvgIpc) is 2.69. The lowest BCUT2D eigenvalue weighted by atomic mass is 10.2. The van der Waals surface area contributed by atoms with Gasteiger partial charge in [0.25, 0.3) is 0 Å². The number of ether oxygens (including phenoxy) is 2. The molecule has 2 rings (SSSR count). The zero-order chi connectivity index (χ0) is 21.4. The van der Waals surface area contributed by atoms with Crippen LogP contribution in [0.2, 0.25) is 5.02 Å². The van der Waals surface area contributed by atoms with Gasteiger partial charge in [0, 0.05) is 11.1 Å². The Hall–Kier alpha value is -2.29. The maximum Gasteiger partial charge on any atom is 0.242 e. The van der Waals surface area contributed by atoms with Crippen LogP contribution < -0.4 is 19.5 Å². The van der Waals surface area contributed by atoms with E-state index < -0.39 is 22.0 Å². The number of carbonyl (C=O) groups excluding carboxylic acids is 1. The number of unbranched alkanes of at least 4 members (excludes halogenated alkanes) is 1. The maximum absolute atomic E-state index is 12.6. The highest BCUT2D eigenvalue weighted by molar-refractivity contribution is 7.89. The maximum atomic E-state index is 12.6. The van der Waals surface area contributed by atoms with Crippen LogP contribution in [0.4, 0.5) is 5.69 Å². The van der Waals surface area contributed by atoms with Crippen LogP contribution in [-0.2, 0) is 14.8 Å². The van der Waals surface area contributed by atoms with Gasteiger partial charge in [-0.25, -0.2) is 8.42 Å². The molecule has 0 unspecified atom stereocenters. The molecule has 1 amide bonds. The molecular formula is C20H25ClN2O5S. The van der Waals surface area contributed by atoms with Gasteiger partial charge in [0.1, 0.15) is 11.5 Å². The molecule has 9 heteroatoms. The Morgan fingerprint density at radius 1 is 1.17 bits per heavy atom. The summed E-state index contributed by atoms with van der Waals surface area (Å²) in [6.45, 7) is 4.01. The highest BCUT2D eigenvalue weighted by Gasteiger charge is 2.23. The second-order valence-corrected chi connectivity index (χ2v) is 8.50. The van der Waals surface area contributed by atoms with Gasteiger partial charge >= 0.3 is 0 Å². The van der Waals surface area contributed by atoms with Crippen LogP contribution >= 0.6 is 11.6 Å². The zero-order valence-electron chi connectivity index (χ0n) is 16.6. The number of rotatable bonds is 10. The normalized spacial score (nSPS) is 12.3. The minimum Gasteiger partial charge on any atom is -0.497 e. The lowest BCUT2D eigenvalue weighted by molar-refractivity contribution is -0.117. The number of hydrogen-bond acceptors (Lipinski definition) is 5. The molecule has 0 saturated carbocycles. The molecule has 1 atom stereocenters. The first kappa shape index (κ1) is 23.0. The molecule has 0 aliphatic carbocycles. The second-order valence-electron chi connectivity index (χ2n) is 6.35. The predicted octanol–water partition coefficient (Wildman–Crippen LogP) is 3.83. The van der Waals surface area contributed by atoms with Crippen molar-refractivity contribution in [1.29, 1.82) is 0 Å². The van der Waals surface area contributed by atoms with Crippen LogP contribution in [0.5, 0.6) is 11.5 Å². The van der Waals surface area contributed by atoms with Gasteiger partial charge in [-0.05, 0) is 49.7 Å². The molecule has 7 nitrogen and oxygen atoms in total. The number of carbonyl (C=O) groups is 1. The first-order valence-electron chi connectivity index (χ1n) is 9.16. The molecular weight excluding hydrogens is 416 g/mol. The van der Waals surface area contributed by atoms with Crippen LogP contribution in [0, 0.1) is 0 Å². The highest BCUT2D eigenvalue weighted by Crippen LogP contribution is 2.29. The summed E-state index contributed by atoms with van der Waals surface area (Å²) in [6, 6.07) is 9.71. The molecule has 0 aromatic heterocycles. The summed E-state index contributed by atoms with van der Waals surface area (Å²) in [4.78, 5) is 12.6. The topological polar surface area (TPSA) is 93.7 Å². The van der Waals surface area contributed by atoms with Gasteiger partial charge in [0.2, 0.25) is 15.9 Å². The fourth-order valence-corrected chi connectivity index (χ4v) is 3.72. The quantitative estimate of drug-likeness (QED) is 0.547. The summed E-state index contributed by atoms with van der Waals surface area (Å²) < 4.78 is 38.2. The summed E-state index contributed by atoms with van der Waals surface area (Å²) in [7, 11) is -2.36. The molecule has 0 fully saturated rings. The average molecular weight is 441 g/mol. The third kappa shape index (κ3) is 6.62. The Labute approximate surface area is 176 Å². The number of methoxy groups -OCH3 is 1. The van der Waals surface area contributed by atoms with E-state index in [-0.39, 0.29) is 4.90 Å². The third-order valence-corrected chi connectivity index (χ3v) is 5.86. The predicted molar refractivity (Wildman–Crippen MR) is 113 cm³/mol. The Morgan fingerprint density at radius 2 is 1.86 bits per heavy atom. The molecule has 0 saturated heterocycles. The largest absolute Gasteiger partial charge is 0.497 e. The fraction of sp³-hybridized carbons (Fsp3) is 0.350. The summed E-state index contributed by atoms with van der Waals surface area (Å²) in [5.74, 6) is 0.494. The molecule has 2 N–H and O–H groups in total. The molecule has 0 radical (unpaired) electrons. The highest BCUT2D eigenvalue weighted by atomic mass is 35.5. The van der Waals surface area contributed by atoms with Crippen molar-refractivity contribution in [2.75, 3.05) is 19.0 Å². The lowest BCUT2D eigenvalue weighted by Gasteiger charge is -2.17. The van der Waals surface area contributed by atoms with E-state index in [0.717, 1.165) is 12.8 Å². The standard InChI is InChI=1S/C20H25ClN2O5S/c1-4-5-12-28-19-11-8-16(27-3)13-18(19)22-20(24)14(2)23-29(25,26)17-9-6-15(21)7-10-17/h6-11,13-14,23H,4-5,12H2,1-3H3,(H,22,24)/t14-/m0/s1. The summed E-state index contributed by atoms with van der Waals surface area (Å²) in [5.41, 5.74) is 0.406. The fourth-order valence-electron chi connectivity index (χ4n) is 2.40. The molecule has 0 spiro atoms. The summed E-state index contributed by atoms with van der Waals surface area (Å²) in [5, 5.41) is 3.12. The summed E-state index contributed by atoms with van der Waals surface area (Å²) in [6.07, 6.45) is 1.85. The number of benzene rings is 2. The van der Waals surface area contributed by atoms with Crippen molar-refractivity contribution < 1.29 is 22.7 Å². The van der Waals surface area contributed by atoms with Gasteiger partial charge in [0.05, 0.1) is 30.3 Å². The van der Waals surface area contributed by atoms with Crippen LogP contribution in [0.1, 0.15) is 26.7 Å². The van der Waals surface area contributed by atoms with E-state index in [4.69, 9.17) is 21.1 Å². The van der Waals surface area contributed by atoms with E-state index in [1.54, 1.807) is 18.2 Å². The number of halogens is 1. The lowest BCUT2D eigenvalue weighted by Crippen LogP contribution is -2.41. The molecule has 0 bridgehead atoms. The Balaban J connectivity index is 2.12. The van der Waals surface area contributed by atoms with Gasteiger partial charge in [-0.3, -0.25) is 4.79 Å². The van der Waals surface area contributed by atoms with Crippen molar-refractivity contribution in [3.63, 3.8) is 0 Å². The number of anilines is 1. The molecule has 2 aromatic rings. The molecule has 158 valence electrons. The Morgan fingerprint density at radius 3 is 2.48 bits per heavy atom. The van der Waals surface area contributed by atoms with Crippen LogP contribution in [0.15, 0.2) is 47.4 Å². The smallest absolute Gasteiger partial charge is 0.242 e. The van der Waals surface area contributed by atoms with Gasteiger partial charge in [-0.2, -0.15) is 4.72 Å². The van der Waals surface area contributed by atoms with Crippen molar-refractivity contribution in [2.24, 2.45) is 0 Å². The number of sulfonamides is 1. The molecule has 2 aromatic carbocycles.